The summed E-state index contributed by atoms with van der Waals surface area (Å²) in [6.45, 7) is 7.80. The van der Waals surface area contributed by atoms with Crippen LogP contribution in [0.25, 0.3) is 0 Å². The molecule has 1 fully saturated rings. The Morgan fingerprint density at radius 3 is 2.58 bits per heavy atom. The lowest BCUT2D eigenvalue weighted by Gasteiger charge is -2.17. The summed E-state index contributed by atoms with van der Waals surface area (Å²) in [7, 11) is 1.29. The van der Waals surface area contributed by atoms with Crippen LogP contribution in [0.3, 0.4) is 0 Å². The number of benzene rings is 1. The van der Waals surface area contributed by atoms with Crippen molar-refractivity contribution in [1.82, 2.24) is 10.3 Å². The van der Waals surface area contributed by atoms with Crippen LogP contribution in [0.4, 0.5) is 8.78 Å². The largest absolute Gasteiger partial charge is 0.494 e. The smallest absolute Gasteiger partial charge is 0.222 e. The van der Waals surface area contributed by atoms with Gasteiger partial charge in [0.15, 0.2) is 17.0 Å². The molecule has 2 unspecified atom stereocenters. The van der Waals surface area contributed by atoms with Gasteiger partial charge in [0, 0.05) is 29.8 Å². The molecule has 1 saturated heterocycles. The number of hydrogen-bond donors (Lipinski definition) is 2. The van der Waals surface area contributed by atoms with Crippen LogP contribution in [-0.4, -0.2) is 24.1 Å². The predicted molar refractivity (Wildman–Crippen MR) is 114 cm³/mol. The highest BCUT2D eigenvalue weighted by Gasteiger charge is 2.27. The highest BCUT2D eigenvalue weighted by Crippen LogP contribution is 2.32. The zero-order chi connectivity index (χ0) is 23.1. The second kappa shape index (κ2) is 11.0. The van der Waals surface area contributed by atoms with E-state index in [-0.39, 0.29) is 41.8 Å². The van der Waals surface area contributed by atoms with Gasteiger partial charge in [0.25, 0.3) is 0 Å². The number of halogens is 2. The van der Waals surface area contributed by atoms with E-state index in [4.69, 9.17) is 4.74 Å². The zero-order valence-corrected chi connectivity index (χ0v) is 18.6. The molecule has 0 aliphatic carbocycles. The van der Waals surface area contributed by atoms with Crippen molar-refractivity contribution in [2.75, 3.05) is 7.11 Å². The molecular formula is C23H30F2N2O4. The third-order valence-corrected chi connectivity index (χ3v) is 4.96. The molecule has 0 radical (unpaired) electrons. The van der Waals surface area contributed by atoms with Gasteiger partial charge in [-0.3, -0.25) is 9.59 Å². The lowest BCUT2D eigenvalue weighted by Crippen LogP contribution is -2.31. The number of hydrogen-bond acceptors (Lipinski definition) is 4. The zero-order valence-electron chi connectivity index (χ0n) is 18.6. The summed E-state index contributed by atoms with van der Waals surface area (Å²) < 4.78 is 35.2. The van der Waals surface area contributed by atoms with Crippen molar-refractivity contribution in [3.63, 3.8) is 0 Å². The Labute approximate surface area is 181 Å². The molecule has 2 atom stereocenters. The maximum atomic E-state index is 12.5. The minimum absolute atomic E-state index is 0.0477. The van der Waals surface area contributed by atoms with Crippen LogP contribution < -0.4 is 15.5 Å². The molecule has 1 amide bonds. The Morgan fingerprint density at radius 2 is 2.03 bits per heavy atom. The fourth-order valence-corrected chi connectivity index (χ4v) is 3.23. The first-order valence-electron chi connectivity index (χ1n) is 10.3. The van der Waals surface area contributed by atoms with Crippen LogP contribution in [0.2, 0.25) is 0 Å². The molecule has 0 saturated carbocycles. The van der Waals surface area contributed by atoms with Crippen molar-refractivity contribution in [2.45, 2.75) is 59.3 Å². The predicted octanol–water partition coefficient (Wildman–Crippen LogP) is 4.17. The Balaban J connectivity index is 0.000000285. The summed E-state index contributed by atoms with van der Waals surface area (Å²) >= 11 is 0. The van der Waals surface area contributed by atoms with Crippen molar-refractivity contribution < 1.29 is 23.0 Å². The molecule has 1 aromatic carbocycles. The molecule has 2 heterocycles. The molecule has 6 nitrogen and oxygen atoms in total. The summed E-state index contributed by atoms with van der Waals surface area (Å²) in [6.07, 6.45) is 2.00. The quantitative estimate of drug-likeness (QED) is 0.737. The number of carbonyl (C=O) groups excluding carboxylic acids is 1. The fourth-order valence-electron chi connectivity index (χ4n) is 3.23. The number of ether oxygens (including phenoxy) is 2. The molecule has 1 aromatic heterocycles. The van der Waals surface area contributed by atoms with E-state index in [1.54, 1.807) is 6.07 Å². The maximum absolute atomic E-state index is 12.5. The number of amides is 1. The van der Waals surface area contributed by atoms with E-state index in [2.05, 4.69) is 15.0 Å². The number of pyridine rings is 1. The Hall–Kier alpha value is -2.74. The van der Waals surface area contributed by atoms with Gasteiger partial charge in [0.1, 0.15) is 0 Å². The monoisotopic (exact) mass is 436 g/mol. The molecule has 0 spiro atoms. The number of nitrogens with one attached hydrogen (secondary N) is 2. The van der Waals surface area contributed by atoms with Crippen molar-refractivity contribution in [2.24, 2.45) is 5.92 Å². The van der Waals surface area contributed by atoms with Crippen LogP contribution in [0.5, 0.6) is 5.75 Å². The van der Waals surface area contributed by atoms with Crippen LogP contribution in [0.15, 0.2) is 29.1 Å². The number of H-pyrrole nitrogens is 1. The molecule has 170 valence electrons. The molecule has 8 heteroatoms. The van der Waals surface area contributed by atoms with Gasteiger partial charge in [-0.15, -0.1) is 0 Å². The van der Waals surface area contributed by atoms with E-state index in [0.29, 0.717) is 5.56 Å². The van der Waals surface area contributed by atoms with E-state index >= 15 is 0 Å². The first kappa shape index (κ1) is 24.5. The molecule has 3 rings (SSSR count). The van der Waals surface area contributed by atoms with Gasteiger partial charge in [-0.1, -0.05) is 19.9 Å². The second-order valence-corrected chi connectivity index (χ2v) is 7.85. The van der Waals surface area contributed by atoms with E-state index in [9.17, 15) is 18.4 Å². The highest BCUT2D eigenvalue weighted by molar-refractivity contribution is 5.77. The van der Waals surface area contributed by atoms with E-state index < -0.39 is 11.6 Å². The number of carbonyl (C=O) groups is 1. The van der Waals surface area contributed by atoms with Crippen molar-refractivity contribution in [3.8, 4) is 5.75 Å². The number of aromatic amines is 1. The van der Waals surface area contributed by atoms with Crippen LogP contribution in [-0.2, 0) is 16.1 Å². The highest BCUT2D eigenvalue weighted by atomic mass is 19.2. The summed E-state index contributed by atoms with van der Waals surface area (Å²) in [5.74, 6) is -2.05. The van der Waals surface area contributed by atoms with E-state index in [1.165, 1.54) is 19.2 Å². The Bertz CT molecular complexity index is 959. The molecular weight excluding hydrogens is 406 g/mol. The third-order valence-electron chi connectivity index (χ3n) is 4.96. The lowest BCUT2D eigenvalue weighted by atomic mass is 10.0. The average Bonchev–Trinajstić information content (AvgIpc) is 3.15. The first-order chi connectivity index (χ1) is 14.6. The molecule has 31 heavy (non-hydrogen) atoms. The third kappa shape index (κ3) is 6.62. The Kier molecular flexibility index (Phi) is 8.74. The number of aromatic nitrogens is 1. The van der Waals surface area contributed by atoms with Crippen molar-refractivity contribution in [3.05, 3.63) is 63.1 Å². The average molecular weight is 436 g/mol. The van der Waals surface area contributed by atoms with Gasteiger partial charge in [-0.2, -0.15) is 4.39 Å². The number of rotatable bonds is 5. The van der Waals surface area contributed by atoms with Gasteiger partial charge in [0.05, 0.1) is 25.0 Å². The number of methoxy groups -OCH3 is 1. The first-order valence-corrected chi connectivity index (χ1v) is 10.3. The molecule has 1 aliphatic rings. The molecule has 2 aromatic rings. The normalized spacial score (nSPS) is 17.8. The topological polar surface area (TPSA) is 80.4 Å². The summed E-state index contributed by atoms with van der Waals surface area (Å²) in [4.78, 5) is 27.2. The van der Waals surface area contributed by atoms with Gasteiger partial charge in [0.2, 0.25) is 11.7 Å². The van der Waals surface area contributed by atoms with Crippen LogP contribution in [0.1, 0.15) is 56.7 Å². The minimum Gasteiger partial charge on any atom is -0.494 e. The standard InChI is InChI=1S/C16H24N2O3.C7H6F2O/c1-9(2)16(20)17-8-12-13(19)7-10(3)18-15(12)14-6-5-11(4)21-14;1-10-6-4-2-3-5(8)7(6)9/h7,9,11,14H,5-6,8H2,1-4H3,(H,17,20)(H,18,19);2-4H,1H3. The lowest BCUT2D eigenvalue weighted by molar-refractivity contribution is -0.124. The van der Waals surface area contributed by atoms with Gasteiger partial charge < -0.3 is 19.8 Å². The fraction of sp³-hybridized carbons (Fsp3) is 0.478. The second-order valence-electron chi connectivity index (χ2n) is 7.85. The summed E-state index contributed by atoms with van der Waals surface area (Å²) in [6, 6.07) is 5.35. The maximum Gasteiger partial charge on any atom is 0.222 e. The van der Waals surface area contributed by atoms with Gasteiger partial charge >= 0.3 is 0 Å². The SMILES string of the molecule is COc1cccc(F)c1F.Cc1cc(=O)c(CNC(=O)C(C)C)c(C2CCC(C)O2)[nH]1. The van der Waals surface area contributed by atoms with Crippen LogP contribution >= 0.6 is 0 Å². The summed E-state index contributed by atoms with van der Waals surface area (Å²) in [5.41, 5.74) is 2.19. The van der Waals surface area contributed by atoms with Gasteiger partial charge in [-0.25, -0.2) is 4.39 Å². The molecule has 2 N–H and O–H groups in total. The van der Waals surface area contributed by atoms with Crippen molar-refractivity contribution in [1.29, 1.82) is 0 Å². The van der Waals surface area contributed by atoms with Gasteiger partial charge in [-0.05, 0) is 38.8 Å². The molecule has 1 aliphatic heterocycles. The van der Waals surface area contributed by atoms with E-state index in [0.717, 1.165) is 30.3 Å². The minimum atomic E-state index is -0.940. The van der Waals surface area contributed by atoms with E-state index in [1.807, 2.05) is 27.7 Å². The van der Waals surface area contributed by atoms with Crippen LogP contribution in [0, 0.1) is 24.5 Å². The summed E-state index contributed by atoms with van der Waals surface area (Å²) in [5, 5.41) is 2.82. The molecule has 0 bridgehead atoms. The van der Waals surface area contributed by atoms with Crippen molar-refractivity contribution >= 4 is 5.91 Å². The number of aryl methyl sites for hydroxylation is 1. The Morgan fingerprint density at radius 1 is 1.32 bits per heavy atom.